The quantitative estimate of drug-likeness (QED) is 0.803. The summed E-state index contributed by atoms with van der Waals surface area (Å²) in [5.41, 5.74) is 1.08. The Balaban J connectivity index is 1.79. The third-order valence-corrected chi connectivity index (χ3v) is 5.55. The highest BCUT2D eigenvalue weighted by Gasteiger charge is 2.51. The molecule has 5 nitrogen and oxygen atoms in total. The fourth-order valence-corrected chi connectivity index (χ4v) is 3.63. The van der Waals surface area contributed by atoms with Crippen molar-refractivity contribution < 1.29 is 14.3 Å². The molecule has 0 unspecified atom stereocenters. The molecule has 1 aliphatic rings. The van der Waals surface area contributed by atoms with Crippen molar-refractivity contribution in [1.29, 1.82) is 0 Å². The molecule has 23 heavy (non-hydrogen) atoms. The highest BCUT2D eigenvalue weighted by molar-refractivity contribution is 9.10. The van der Waals surface area contributed by atoms with Crippen molar-refractivity contribution in [1.82, 2.24) is 4.98 Å². The average molecular weight is 395 g/mol. The molecule has 1 saturated carbocycles. The number of carbonyl (C=O) groups is 2. The van der Waals surface area contributed by atoms with Gasteiger partial charge in [-0.05, 0) is 37.5 Å². The van der Waals surface area contributed by atoms with Gasteiger partial charge in [-0.15, -0.1) is 0 Å². The topological polar surface area (TPSA) is 68.3 Å². The van der Waals surface area contributed by atoms with Crippen LogP contribution < -0.4 is 5.32 Å². The zero-order chi connectivity index (χ0) is 16.6. The van der Waals surface area contributed by atoms with Crippen molar-refractivity contribution in [3.05, 3.63) is 44.9 Å². The van der Waals surface area contributed by atoms with Crippen molar-refractivity contribution >= 4 is 44.3 Å². The van der Waals surface area contributed by atoms with Crippen LogP contribution in [0.15, 0.2) is 28.7 Å². The first-order chi connectivity index (χ1) is 11.0. The van der Waals surface area contributed by atoms with Crippen LogP contribution in [-0.4, -0.2) is 24.0 Å². The van der Waals surface area contributed by atoms with E-state index in [1.165, 1.54) is 7.11 Å². The molecule has 0 spiro atoms. The molecule has 2 aromatic rings. The molecule has 120 valence electrons. The minimum absolute atomic E-state index is 0.0787. The van der Waals surface area contributed by atoms with Gasteiger partial charge in [0.25, 0.3) is 0 Å². The van der Waals surface area contributed by atoms with Gasteiger partial charge in [0.1, 0.15) is 4.88 Å². The zero-order valence-corrected chi connectivity index (χ0v) is 15.1. The lowest BCUT2D eigenvalue weighted by atomic mass is 9.95. The summed E-state index contributed by atoms with van der Waals surface area (Å²) in [5, 5.41) is 3.27. The molecule has 1 fully saturated rings. The van der Waals surface area contributed by atoms with Crippen LogP contribution in [0.4, 0.5) is 5.13 Å². The Morgan fingerprint density at radius 1 is 1.30 bits per heavy atom. The highest BCUT2D eigenvalue weighted by atomic mass is 79.9. The molecule has 1 amide bonds. The molecule has 1 aliphatic carbocycles. The first-order valence-corrected chi connectivity index (χ1v) is 8.70. The molecular formula is C16H15BrN2O3S. The summed E-state index contributed by atoms with van der Waals surface area (Å²) in [6, 6.07) is 7.80. The summed E-state index contributed by atoms with van der Waals surface area (Å²) in [5.74, 6) is -0.514. The smallest absolute Gasteiger partial charge is 0.350 e. The number of hydrogen-bond acceptors (Lipinski definition) is 5. The molecule has 1 aromatic carbocycles. The van der Waals surface area contributed by atoms with Crippen molar-refractivity contribution in [2.75, 3.05) is 12.4 Å². The van der Waals surface area contributed by atoms with E-state index in [1.807, 2.05) is 24.3 Å². The summed E-state index contributed by atoms with van der Waals surface area (Å²) in [4.78, 5) is 29.0. The van der Waals surface area contributed by atoms with E-state index in [1.54, 1.807) is 6.92 Å². The van der Waals surface area contributed by atoms with Gasteiger partial charge in [0.15, 0.2) is 5.13 Å². The lowest BCUT2D eigenvalue weighted by Crippen LogP contribution is -2.27. The standard InChI is InChI=1S/C16H15BrN2O3S/c1-9-12(13(20)22-2)23-15(18-9)19-14(21)16(7-8-16)10-3-5-11(17)6-4-10/h3-6H,7-8H2,1-2H3,(H,18,19,21). The van der Waals surface area contributed by atoms with Crippen molar-refractivity contribution in [3.63, 3.8) is 0 Å². The average Bonchev–Trinajstić information content (AvgIpc) is 3.26. The second-order valence-corrected chi connectivity index (χ2v) is 7.38. The van der Waals surface area contributed by atoms with Gasteiger partial charge in [-0.3, -0.25) is 4.79 Å². The van der Waals surface area contributed by atoms with E-state index in [2.05, 4.69) is 26.2 Å². The van der Waals surface area contributed by atoms with Crippen LogP contribution in [0.3, 0.4) is 0 Å². The molecule has 0 bridgehead atoms. The summed E-state index contributed by atoms with van der Waals surface area (Å²) in [6.45, 7) is 1.72. The van der Waals surface area contributed by atoms with Crippen molar-refractivity contribution in [2.24, 2.45) is 0 Å². The van der Waals surface area contributed by atoms with Crippen LogP contribution in [0.1, 0.15) is 33.8 Å². The number of carbonyl (C=O) groups excluding carboxylic acids is 2. The van der Waals surface area contributed by atoms with Crippen LogP contribution in [0.5, 0.6) is 0 Å². The third-order valence-electron chi connectivity index (χ3n) is 3.97. The molecule has 3 rings (SSSR count). The maximum absolute atomic E-state index is 12.7. The number of esters is 1. The highest BCUT2D eigenvalue weighted by Crippen LogP contribution is 2.49. The molecule has 1 N–H and O–H groups in total. The fraction of sp³-hybridized carbons (Fsp3) is 0.312. The van der Waals surface area contributed by atoms with Crippen molar-refractivity contribution in [3.8, 4) is 0 Å². The van der Waals surface area contributed by atoms with Crippen LogP contribution in [0.25, 0.3) is 0 Å². The zero-order valence-electron chi connectivity index (χ0n) is 12.7. The van der Waals surface area contributed by atoms with Crippen LogP contribution >= 0.6 is 27.3 Å². The summed E-state index contributed by atoms with van der Waals surface area (Å²) >= 11 is 4.54. The lowest BCUT2D eigenvalue weighted by Gasteiger charge is -2.14. The van der Waals surface area contributed by atoms with Gasteiger partial charge in [-0.1, -0.05) is 39.4 Å². The first-order valence-electron chi connectivity index (χ1n) is 7.09. The van der Waals surface area contributed by atoms with Gasteiger partial charge in [0.05, 0.1) is 18.2 Å². The number of aryl methyl sites for hydroxylation is 1. The Hall–Kier alpha value is -1.73. The van der Waals surface area contributed by atoms with Crippen LogP contribution in [-0.2, 0) is 14.9 Å². The van der Waals surface area contributed by atoms with Gasteiger partial charge < -0.3 is 10.1 Å². The van der Waals surface area contributed by atoms with Crippen molar-refractivity contribution in [2.45, 2.75) is 25.2 Å². The van der Waals surface area contributed by atoms with Gasteiger partial charge in [0, 0.05) is 4.47 Å². The van der Waals surface area contributed by atoms with Gasteiger partial charge >= 0.3 is 5.97 Å². The van der Waals surface area contributed by atoms with Gasteiger partial charge in [-0.2, -0.15) is 0 Å². The molecule has 0 aliphatic heterocycles. The fourth-order valence-electron chi connectivity index (χ4n) is 2.49. The minimum Gasteiger partial charge on any atom is -0.465 e. The largest absolute Gasteiger partial charge is 0.465 e. The number of thiazole rings is 1. The normalized spacial score (nSPS) is 15.1. The molecule has 7 heteroatoms. The Kier molecular flexibility index (Phi) is 4.25. The van der Waals surface area contributed by atoms with Gasteiger partial charge in [0.2, 0.25) is 5.91 Å². The maximum Gasteiger partial charge on any atom is 0.350 e. The van der Waals surface area contributed by atoms with Gasteiger partial charge in [-0.25, -0.2) is 9.78 Å². The molecule has 1 heterocycles. The Morgan fingerprint density at radius 3 is 2.52 bits per heavy atom. The number of nitrogens with zero attached hydrogens (tertiary/aromatic N) is 1. The number of rotatable bonds is 4. The molecule has 0 atom stereocenters. The number of anilines is 1. The van der Waals surface area contributed by atoms with E-state index in [-0.39, 0.29) is 5.91 Å². The van der Waals surface area contributed by atoms with E-state index in [4.69, 9.17) is 4.74 Å². The summed E-state index contributed by atoms with van der Waals surface area (Å²) in [7, 11) is 1.33. The SMILES string of the molecule is COC(=O)c1sc(NC(=O)C2(c3ccc(Br)cc3)CC2)nc1C. The number of benzene rings is 1. The molecule has 0 radical (unpaired) electrons. The van der Waals surface area contributed by atoms with E-state index < -0.39 is 11.4 Å². The van der Waals surface area contributed by atoms with Crippen LogP contribution in [0, 0.1) is 6.92 Å². The summed E-state index contributed by atoms with van der Waals surface area (Å²) < 4.78 is 5.69. The monoisotopic (exact) mass is 394 g/mol. The Morgan fingerprint density at radius 2 is 1.96 bits per heavy atom. The number of methoxy groups -OCH3 is 1. The number of ether oxygens (including phenoxy) is 1. The molecule has 0 saturated heterocycles. The number of hydrogen-bond donors (Lipinski definition) is 1. The number of amides is 1. The predicted molar refractivity (Wildman–Crippen MR) is 91.9 cm³/mol. The lowest BCUT2D eigenvalue weighted by molar-refractivity contribution is -0.118. The third kappa shape index (κ3) is 3.03. The Labute approximate surface area is 146 Å². The number of halogens is 1. The second-order valence-electron chi connectivity index (χ2n) is 5.47. The molecular weight excluding hydrogens is 380 g/mol. The number of aromatic nitrogens is 1. The van der Waals surface area contributed by atoms with E-state index in [0.29, 0.717) is 15.7 Å². The maximum atomic E-state index is 12.7. The Bertz CT molecular complexity index is 766. The van der Waals surface area contributed by atoms with E-state index in [0.717, 1.165) is 34.2 Å². The summed E-state index contributed by atoms with van der Waals surface area (Å²) in [6.07, 6.45) is 1.63. The van der Waals surface area contributed by atoms with E-state index in [9.17, 15) is 9.59 Å². The predicted octanol–water partition coefficient (Wildman–Crippen LogP) is 3.67. The number of nitrogens with one attached hydrogen (secondary N) is 1. The van der Waals surface area contributed by atoms with E-state index >= 15 is 0 Å². The first kappa shape index (κ1) is 16.1. The minimum atomic E-state index is -0.480. The second kappa shape index (κ2) is 6.05. The van der Waals surface area contributed by atoms with Crippen LogP contribution in [0.2, 0.25) is 0 Å². The molecule has 1 aromatic heterocycles.